The van der Waals surface area contributed by atoms with Gasteiger partial charge in [-0.25, -0.2) is 4.98 Å². The average Bonchev–Trinajstić information content (AvgIpc) is 4.11. The maximum atomic E-state index is 4.80. The second-order valence-corrected chi connectivity index (χ2v) is 20.3. The van der Waals surface area contributed by atoms with Gasteiger partial charge in [-0.1, -0.05) is 233 Å². The summed E-state index contributed by atoms with van der Waals surface area (Å²) in [5.74, 6) is 4.57. The van der Waals surface area contributed by atoms with E-state index in [0.717, 1.165) is 30.1 Å². The van der Waals surface area contributed by atoms with E-state index in [1.165, 1.54) is 107 Å². The van der Waals surface area contributed by atoms with Gasteiger partial charge in [0.2, 0.25) is 0 Å². The molecule has 3 unspecified atom stereocenters. The fourth-order valence-corrected chi connectivity index (χ4v) is 9.38. The average molecular weight is 1100 g/mol. The van der Waals surface area contributed by atoms with Crippen LogP contribution in [0.3, 0.4) is 0 Å². The molecule has 7 aromatic rings. The van der Waals surface area contributed by atoms with Gasteiger partial charge in [0.1, 0.15) is 5.82 Å². The second-order valence-electron chi connectivity index (χ2n) is 20.3. The first kappa shape index (κ1) is 71.7. The Balaban J connectivity index is 0.00000120. The number of allylic oxidation sites excluding steroid dienone is 1. The van der Waals surface area contributed by atoms with Crippen molar-refractivity contribution in [3.05, 3.63) is 188 Å². The normalized spacial score (nSPS) is 11.4. The largest absolute Gasteiger partial charge is 2.00 e. The fraction of sp³-hybridized carbons (Fsp3) is 0.451. The third kappa shape index (κ3) is 22.2. The van der Waals surface area contributed by atoms with Gasteiger partial charge >= 0.3 is 45.5 Å². The molecule has 0 aliphatic rings. The van der Waals surface area contributed by atoms with Gasteiger partial charge in [0.05, 0.1) is 11.5 Å². The molecule has 0 fully saturated rings. The van der Waals surface area contributed by atoms with Gasteiger partial charge < -0.3 is 12.0 Å². The van der Waals surface area contributed by atoms with E-state index in [9.17, 15) is 0 Å². The summed E-state index contributed by atoms with van der Waals surface area (Å²) in [7, 11) is 0. The van der Waals surface area contributed by atoms with Crippen LogP contribution in [0.5, 0.6) is 0 Å². The molecular weight excluding hydrogens is 996 g/mol. The maximum Gasteiger partial charge on any atom is 2.00 e. The van der Waals surface area contributed by atoms with Crippen LogP contribution in [-0.4, -0.2) is 64.6 Å². The van der Waals surface area contributed by atoms with E-state index in [2.05, 4.69) is 221 Å². The summed E-state index contributed by atoms with van der Waals surface area (Å²) < 4.78 is 4.64. The Morgan fingerprint density at radius 1 is 0.526 bits per heavy atom. The molecule has 2 heterocycles. The van der Waals surface area contributed by atoms with Crippen LogP contribution in [0.25, 0.3) is 45.3 Å². The Kier molecular flexibility index (Phi) is 38.6. The minimum atomic E-state index is 0. The molecule has 0 amide bonds. The molecule has 76 heavy (non-hydrogen) atoms. The molecule has 410 valence electrons. The topological polar surface area (TPSA) is 35.6 Å². The molecule has 0 spiro atoms. The van der Waals surface area contributed by atoms with Crippen LogP contribution < -0.4 is 0 Å². The molecule has 0 aliphatic heterocycles. The van der Waals surface area contributed by atoms with Crippen molar-refractivity contribution in [3.63, 3.8) is 0 Å². The first-order chi connectivity index (χ1) is 35.8. The molecular formula is C71H104N4Sr. The van der Waals surface area contributed by atoms with Gasteiger partial charge in [-0.2, -0.15) is 0 Å². The van der Waals surface area contributed by atoms with Crippen molar-refractivity contribution in [1.82, 2.24) is 19.1 Å². The molecule has 0 saturated carbocycles. The van der Waals surface area contributed by atoms with Crippen LogP contribution in [-0.2, 0) is 0 Å². The number of nitrogens with zero attached hydrogens (tertiary/aromatic N) is 4. The van der Waals surface area contributed by atoms with Gasteiger partial charge in [0.25, 0.3) is 0 Å². The number of imidazole rings is 2. The van der Waals surface area contributed by atoms with E-state index in [4.69, 9.17) is 9.97 Å². The van der Waals surface area contributed by atoms with Crippen molar-refractivity contribution in [3.8, 4) is 45.3 Å². The molecule has 5 heteroatoms. The zero-order chi connectivity index (χ0) is 55.0. The van der Waals surface area contributed by atoms with Crippen molar-refractivity contribution < 1.29 is 0 Å². The minimum Gasteiger partial charge on any atom is -0.358 e. The van der Waals surface area contributed by atoms with E-state index in [0.29, 0.717) is 29.6 Å². The fourth-order valence-electron chi connectivity index (χ4n) is 9.38. The molecule has 0 N–H and O–H groups in total. The van der Waals surface area contributed by atoms with Gasteiger partial charge in [0.15, 0.2) is 0 Å². The predicted octanol–water partition coefficient (Wildman–Crippen LogP) is 22.3. The Hall–Kier alpha value is -4.26. The summed E-state index contributed by atoms with van der Waals surface area (Å²) in [6.07, 6.45) is 20.3. The molecule has 5 aromatic carbocycles. The van der Waals surface area contributed by atoms with E-state index in [-0.39, 0.29) is 52.9 Å². The van der Waals surface area contributed by atoms with Crippen molar-refractivity contribution in [1.29, 1.82) is 0 Å². The summed E-state index contributed by atoms with van der Waals surface area (Å²) in [6, 6.07) is 44.6. The summed E-state index contributed by atoms with van der Waals surface area (Å²) in [6.45, 7) is 40.9. The second kappa shape index (κ2) is 40.9. The Labute approximate surface area is 505 Å². The minimum absolute atomic E-state index is 0. The Morgan fingerprint density at radius 3 is 1.46 bits per heavy atom. The molecule has 4 nitrogen and oxygen atoms in total. The van der Waals surface area contributed by atoms with Crippen molar-refractivity contribution in [2.45, 2.75) is 206 Å². The van der Waals surface area contributed by atoms with Crippen LogP contribution in [0.1, 0.15) is 228 Å². The quantitative estimate of drug-likeness (QED) is 0.0488. The van der Waals surface area contributed by atoms with Crippen LogP contribution in [0.4, 0.5) is 0 Å². The van der Waals surface area contributed by atoms with Gasteiger partial charge in [-0.05, 0) is 108 Å². The number of para-hydroxylation sites is 1. The molecule has 2 aromatic heterocycles. The van der Waals surface area contributed by atoms with Crippen LogP contribution in [0.2, 0.25) is 0 Å². The Morgan fingerprint density at radius 2 is 0.974 bits per heavy atom. The molecule has 0 aliphatic carbocycles. The van der Waals surface area contributed by atoms with Crippen LogP contribution in [0.15, 0.2) is 152 Å². The third-order valence-electron chi connectivity index (χ3n) is 12.8. The summed E-state index contributed by atoms with van der Waals surface area (Å²) in [5.41, 5.74) is 14.3. The monoisotopic (exact) mass is 1100 g/mol. The SMILES string of the molecule is C=C(C)C.CC.CCC.CCC.CCCC(C)c1cc(-c2ccccc2)cc(C(C)C)c1-n1ccnc1-c1[c-]cccc1.CCCC(CCC)c1cccc(C(C)C(C)CCC)c1-n1ccnc1-c1ccccc1.[CH3-].[Sr+2]. The zero-order valence-electron chi connectivity index (χ0n) is 51.4. The number of rotatable bonds is 18. The van der Waals surface area contributed by atoms with Crippen molar-refractivity contribution >= 4 is 45.5 Å². The molecule has 0 bridgehead atoms. The van der Waals surface area contributed by atoms with E-state index in [1.807, 2.05) is 58.3 Å². The van der Waals surface area contributed by atoms with Crippen molar-refractivity contribution in [2.75, 3.05) is 0 Å². The third-order valence-corrected chi connectivity index (χ3v) is 12.8. The number of aromatic nitrogens is 4. The number of hydrogen-bond donors (Lipinski definition) is 0. The summed E-state index contributed by atoms with van der Waals surface area (Å²) in [5, 5.41) is 0. The first-order valence-corrected chi connectivity index (χ1v) is 28.9. The number of benzene rings is 5. The van der Waals surface area contributed by atoms with E-state index in [1.54, 1.807) is 0 Å². The van der Waals surface area contributed by atoms with Gasteiger partial charge in [-0.3, -0.25) is 9.55 Å². The molecule has 3 atom stereocenters. The first-order valence-electron chi connectivity index (χ1n) is 28.9. The standard InChI is InChI=1S/C29H31N2.C29H40N2.C4H8.2C3H8.C2H6.CH3.Sr/c1-5-12-22(4)27-20-25(23-13-8-6-9-14-23)19-26(21(2)3)28(27)31-18-17-30-29(31)24-15-10-7-11-16-24;1-6-13-22(4)23(5)26-18-12-19-27(24(14-7-2)15-8-3)28(26)31-21-20-30-29(31)25-16-10-9-11-17-25;1-4(2)3;2*1-3-2;1-2;;/h6-11,13-15,17-22H,5,12H2,1-4H3;9-12,16-24H,6-8,13-15H2,1-5H3;1H2,2-3H3;2*3H2,1-2H3;1-2H3;1H3;/q-1;;;;;;-1;+2. The van der Waals surface area contributed by atoms with Gasteiger partial charge in [-0.15, -0.1) is 42.5 Å². The zero-order valence-corrected chi connectivity index (χ0v) is 54.9. The molecule has 7 rings (SSSR count). The van der Waals surface area contributed by atoms with E-state index >= 15 is 0 Å². The van der Waals surface area contributed by atoms with Crippen LogP contribution >= 0.6 is 0 Å². The summed E-state index contributed by atoms with van der Waals surface area (Å²) >= 11 is 0. The van der Waals surface area contributed by atoms with Crippen molar-refractivity contribution in [2.24, 2.45) is 5.92 Å². The maximum absolute atomic E-state index is 4.80. The van der Waals surface area contributed by atoms with Crippen LogP contribution in [0, 0.1) is 19.4 Å². The van der Waals surface area contributed by atoms with Gasteiger partial charge in [0, 0.05) is 36.0 Å². The molecule has 0 saturated heterocycles. The Bertz CT molecular complexity index is 2520. The van der Waals surface area contributed by atoms with E-state index < -0.39 is 0 Å². The predicted molar refractivity (Wildman–Crippen MR) is 341 cm³/mol. The smallest absolute Gasteiger partial charge is 0.358 e. The molecule has 0 radical (unpaired) electrons. The number of hydrogen-bond acceptors (Lipinski definition) is 2. The summed E-state index contributed by atoms with van der Waals surface area (Å²) in [4.78, 5) is 9.52.